The van der Waals surface area contributed by atoms with E-state index in [1.165, 1.54) is 10.9 Å². The number of anilines is 2. The maximum atomic E-state index is 11.9. The molecule has 12 atom stereocenters. The number of fused-ring (bicyclic) bond motifs is 2. The first-order valence-corrected chi connectivity index (χ1v) is 25.1. The van der Waals surface area contributed by atoms with E-state index in [1.54, 1.807) is 0 Å². The number of aliphatic hydroxyl groups excluding tert-OH is 4. The minimum absolute atomic E-state index is 0.0426. The van der Waals surface area contributed by atoms with Gasteiger partial charge in [-0.2, -0.15) is 22.2 Å². The molecule has 43 heteroatoms. The van der Waals surface area contributed by atoms with Crippen molar-refractivity contribution in [2.45, 2.75) is 49.1 Å². The van der Waals surface area contributed by atoms with E-state index < -0.39 is 115 Å². The van der Waals surface area contributed by atoms with Crippen molar-refractivity contribution in [1.82, 2.24) is 39.0 Å². The number of ether oxygens (including phenoxy) is 2. The SMILES string of the molecule is Nc1nc2c(ncn2[C@@H]2O[C@H](COP(=O)(O)OP(=O)(O)OP(=O)(O)O)[C@@H](O)[C@H]2O)c(=O)[nH]1.Nc1ncnc2c1ncn2[C@@H]1O[C@H](COP(=O)(O)OP(=O)(O)OP(=O)(O)O)[C@@H](O)[C@H]1O. The third-order valence-electron chi connectivity index (χ3n) is 7.70. The zero-order valence-electron chi connectivity index (χ0n) is 30.2. The number of phosphoric ester groups is 2. The molecule has 2 fully saturated rings. The monoisotopic (exact) mass is 1030 g/mol. The number of imidazole rings is 2. The summed E-state index contributed by atoms with van der Waals surface area (Å²) in [6.07, 6.45) is -9.02. The van der Waals surface area contributed by atoms with Crippen molar-refractivity contribution in [3.63, 3.8) is 0 Å². The molecular formula is C20H32N10O27P6. The lowest BCUT2D eigenvalue weighted by atomic mass is 10.1. The number of hydrogen-bond donors (Lipinski definition) is 15. The maximum Gasteiger partial charge on any atom is 0.490 e. The van der Waals surface area contributed by atoms with Gasteiger partial charge in [0, 0.05) is 0 Å². The zero-order valence-corrected chi connectivity index (χ0v) is 35.6. The van der Waals surface area contributed by atoms with Crippen molar-refractivity contribution >= 4 is 81.0 Å². The van der Waals surface area contributed by atoms with Gasteiger partial charge in [0.15, 0.2) is 35.1 Å². The van der Waals surface area contributed by atoms with Gasteiger partial charge in [-0.05, 0) is 0 Å². The standard InChI is InChI=1S/C10H16N5O14P3.C10H16N5O13P3/c11-10-13-7-4(8(18)14-10)12-2-15(7)9-6(17)5(16)3(27-9)1-26-31(22,23)29-32(24,25)28-30(19,20)21;11-8-5-9(13-2-12-8)15(3-14-5)10-7(17)6(16)4(26-10)1-25-30(21,22)28-31(23,24)27-29(18,19)20/h2-3,5-6,9,16-17H,1H2,(H,22,23)(H,24,25)(H2,19,20,21)(H3,11,13,14,18);2-4,6-7,10,16-17H,1H2,(H,21,22)(H,23,24)(H2,11,12,13)(H2,18,19,20)/t3-,5-,6-,9-;4-,6-,7-,10-/m11/s1. The van der Waals surface area contributed by atoms with Gasteiger partial charge in [0.25, 0.3) is 5.56 Å². The van der Waals surface area contributed by atoms with Gasteiger partial charge in [-0.1, -0.05) is 0 Å². The van der Waals surface area contributed by atoms with Crippen molar-refractivity contribution in [2.24, 2.45) is 0 Å². The third kappa shape index (κ3) is 13.1. The van der Waals surface area contributed by atoms with E-state index in [4.69, 9.17) is 50.3 Å². The molecule has 0 bridgehead atoms. The van der Waals surface area contributed by atoms with Crippen LogP contribution in [0.15, 0.2) is 23.8 Å². The summed E-state index contributed by atoms with van der Waals surface area (Å²) < 4.78 is 104. The Morgan fingerprint density at radius 3 is 1.48 bits per heavy atom. The molecule has 2 aliphatic rings. The minimum Gasteiger partial charge on any atom is -0.387 e. The number of hydrogen-bond acceptors (Lipinski definition) is 26. The number of nitrogens with one attached hydrogen (secondary N) is 1. The number of phosphoric acid groups is 6. The molecule has 6 heterocycles. The quantitative estimate of drug-likeness (QED) is 0.0476. The highest BCUT2D eigenvalue weighted by Gasteiger charge is 2.49. The van der Waals surface area contributed by atoms with Gasteiger partial charge >= 0.3 is 46.9 Å². The fraction of sp³-hybridized carbons (Fsp3) is 0.500. The van der Waals surface area contributed by atoms with Crippen molar-refractivity contribution in [3.05, 3.63) is 29.3 Å². The molecule has 4 unspecified atom stereocenters. The van der Waals surface area contributed by atoms with Crippen molar-refractivity contribution in [2.75, 3.05) is 24.7 Å². The van der Waals surface area contributed by atoms with E-state index in [0.717, 1.165) is 17.2 Å². The second kappa shape index (κ2) is 18.8. The highest BCUT2D eigenvalue weighted by molar-refractivity contribution is 7.67. The number of nitrogens with two attached hydrogens (primary N) is 2. The topological polar surface area (TPSA) is 578 Å². The van der Waals surface area contributed by atoms with Crippen LogP contribution in [-0.4, -0.2) is 148 Å². The van der Waals surface area contributed by atoms with E-state index in [1.807, 2.05) is 0 Å². The Morgan fingerprint density at radius 2 is 1.03 bits per heavy atom. The fourth-order valence-electron chi connectivity index (χ4n) is 5.32. The van der Waals surface area contributed by atoms with Gasteiger partial charge in [-0.25, -0.2) is 47.3 Å². The summed E-state index contributed by atoms with van der Waals surface area (Å²) in [5.41, 5.74) is 10.5. The molecule has 354 valence electrons. The number of H-pyrrole nitrogens is 1. The van der Waals surface area contributed by atoms with Crippen molar-refractivity contribution in [1.29, 1.82) is 0 Å². The first kappa shape index (κ1) is 51.1. The Hall–Kier alpha value is -2.92. The van der Waals surface area contributed by atoms with Crippen LogP contribution in [0.4, 0.5) is 11.8 Å². The molecule has 0 aromatic carbocycles. The van der Waals surface area contributed by atoms with Crippen LogP contribution < -0.4 is 17.0 Å². The molecule has 17 N–H and O–H groups in total. The van der Waals surface area contributed by atoms with Crippen molar-refractivity contribution < 1.29 is 123 Å². The van der Waals surface area contributed by atoms with Crippen LogP contribution in [0.2, 0.25) is 0 Å². The summed E-state index contributed by atoms with van der Waals surface area (Å²) in [6.45, 7) is -1.97. The summed E-state index contributed by atoms with van der Waals surface area (Å²) in [7, 11) is -33.5. The van der Waals surface area contributed by atoms with Gasteiger partial charge in [0.1, 0.15) is 48.5 Å². The van der Waals surface area contributed by atoms with E-state index >= 15 is 0 Å². The number of aromatic nitrogens is 8. The summed E-state index contributed by atoms with van der Waals surface area (Å²) in [6, 6.07) is 0. The predicted molar refractivity (Wildman–Crippen MR) is 194 cm³/mol. The van der Waals surface area contributed by atoms with Crippen LogP contribution in [0.3, 0.4) is 0 Å². The number of nitrogens with zero attached hydrogens (tertiary/aromatic N) is 7. The summed E-state index contributed by atoms with van der Waals surface area (Å²) in [5, 5.41) is 40.8. The highest BCUT2D eigenvalue weighted by Crippen LogP contribution is 2.67. The minimum atomic E-state index is -5.73. The van der Waals surface area contributed by atoms with Gasteiger partial charge in [0.05, 0.1) is 25.9 Å². The normalized spacial score (nSPS) is 28.2. The molecule has 2 aliphatic heterocycles. The summed E-state index contributed by atoms with van der Waals surface area (Å²) in [4.78, 5) is 105. The number of aromatic amines is 1. The average molecular weight is 1030 g/mol. The molecule has 0 spiro atoms. The van der Waals surface area contributed by atoms with E-state index in [0.29, 0.717) is 0 Å². The van der Waals surface area contributed by atoms with Crippen LogP contribution in [-0.2, 0) is 63.2 Å². The molecule has 37 nitrogen and oxygen atoms in total. The molecule has 2 saturated heterocycles. The van der Waals surface area contributed by atoms with E-state index in [-0.39, 0.29) is 34.1 Å². The largest absolute Gasteiger partial charge is 0.490 e. The second-order valence-corrected chi connectivity index (χ2v) is 21.1. The smallest absolute Gasteiger partial charge is 0.387 e. The summed E-state index contributed by atoms with van der Waals surface area (Å²) >= 11 is 0. The van der Waals surface area contributed by atoms with Gasteiger partial charge in [-0.15, -0.1) is 0 Å². The van der Waals surface area contributed by atoms with E-state index in [2.05, 4.69) is 56.2 Å². The van der Waals surface area contributed by atoms with E-state index in [9.17, 15) is 62.4 Å². The summed E-state index contributed by atoms with van der Waals surface area (Å²) in [5.74, 6) is -0.234. The molecule has 4 aromatic rings. The van der Waals surface area contributed by atoms with Gasteiger partial charge < -0.3 is 80.5 Å². The van der Waals surface area contributed by atoms with Crippen LogP contribution in [0.1, 0.15) is 12.5 Å². The molecule has 4 aromatic heterocycles. The molecule has 0 saturated carbocycles. The Balaban J connectivity index is 0.000000238. The number of nitrogen functional groups attached to an aromatic ring is 2. The van der Waals surface area contributed by atoms with Crippen LogP contribution >= 0.6 is 46.9 Å². The zero-order chi connectivity index (χ0) is 47.2. The Morgan fingerprint density at radius 1 is 0.603 bits per heavy atom. The lowest BCUT2D eigenvalue weighted by molar-refractivity contribution is -0.0503. The Kier molecular flexibility index (Phi) is 15.2. The Bertz CT molecular complexity index is 2670. The first-order valence-electron chi connectivity index (χ1n) is 16.0. The van der Waals surface area contributed by atoms with Crippen LogP contribution in [0, 0.1) is 0 Å². The van der Waals surface area contributed by atoms with Crippen molar-refractivity contribution in [3.8, 4) is 0 Å². The molecule has 63 heavy (non-hydrogen) atoms. The third-order valence-corrected chi connectivity index (χ3v) is 15.3. The lowest BCUT2D eigenvalue weighted by Crippen LogP contribution is -2.33. The lowest BCUT2D eigenvalue weighted by Gasteiger charge is -2.19. The first-order chi connectivity index (χ1) is 28.8. The Labute approximate surface area is 345 Å². The predicted octanol–water partition coefficient (Wildman–Crippen LogP) is -3.96. The highest BCUT2D eigenvalue weighted by atomic mass is 31.3. The second-order valence-electron chi connectivity index (χ2n) is 12.2. The van der Waals surface area contributed by atoms with Gasteiger partial charge in [-0.3, -0.25) is 28.0 Å². The van der Waals surface area contributed by atoms with Gasteiger partial charge in [0.2, 0.25) is 5.95 Å². The average Bonchev–Trinajstić information content (AvgIpc) is 3.85. The number of aliphatic hydroxyl groups is 4. The molecule has 0 aliphatic carbocycles. The maximum absolute atomic E-state index is 11.9. The van der Waals surface area contributed by atoms with Crippen LogP contribution in [0.5, 0.6) is 0 Å². The fourth-order valence-corrected chi connectivity index (χ4v) is 11.4. The number of rotatable bonds is 16. The molecular weight excluding hydrogens is 998 g/mol. The van der Waals surface area contributed by atoms with Crippen LogP contribution in [0.25, 0.3) is 22.3 Å². The molecule has 0 radical (unpaired) electrons. The molecule has 0 amide bonds. The molecule has 6 rings (SSSR count).